The highest BCUT2D eigenvalue weighted by molar-refractivity contribution is 5.98. The lowest BCUT2D eigenvalue weighted by molar-refractivity contribution is 0.0919. The first kappa shape index (κ1) is 10.6. The van der Waals surface area contributed by atoms with E-state index in [4.69, 9.17) is 0 Å². The van der Waals surface area contributed by atoms with Crippen molar-refractivity contribution in [3.8, 4) is 0 Å². The van der Waals surface area contributed by atoms with Crippen molar-refractivity contribution >= 4 is 12.0 Å². The molecule has 0 aromatic heterocycles. The SMILES string of the molecule is O=C1N[C@H]2c3ccccc3C=C[C@H]2c2ccccc21. The Morgan fingerprint density at radius 1 is 0.895 bits per heavy atom. The van der Waals surface area contributed by atoms with E-state index in [-0.39, 0.29) is 17.9 Å². The Hall–Kier alpha value is -2.35. The van der Waals surface area contributed by atoms with Crippen molar-refractivity contribution in [1.29, 1.82) is 0 Å². The van der Waals surface area contributed by atoms with E-state index in [0.717, 1.165) is 11.1 Å². The molecule has 4 rings (SSSR count). The van der Waals surface area contributed by atoms with Gasteiger partial charge in [-0.3, -0.25) is 4.79 Å². The van der Waals surface area contributed by atoms with E-state index in [1.807, 2.05) is 30.3 Å². The molecular weight excluding hydrogens is 234 g/mol. The summed E-state index contributed by atoms with van der Waals surface area (Å²) >= 11 is 0. The minimum atomic E-state index is 0.0296. The summed E-state index contributed by atoms with van der Waals surface area (Å²) in [5.74, 6) is 0.269. The maximum absolute atomic E-state index is 12.2. The van der Waals surface area contributed by atoms with Gasteiger partial charge in [-0.15, -0.1) is 0 Å². The average molecular weight is 247 g/mol. The summed E-state index contributed by atoms with van der Waals surface area (Å²) in [4.78, 5) is 12.2. The van der Waals surface area contributed by atoms with Crippen LogP contribution >= 0.6 is 0 Å². The monoisotopic (exact) mass is 247 g/mol. The summed E-state index contributed by atoms with van der Waals surface area (Å²) in [5, 5.41) is 3.14. The molecule has 2 aromatic rings. The first-order valence-electron chi connectivity index (χ1n) is 6.51. The van der Waals surface area contributed by atoms with Crippen LogP contribution in [0.15, 0.2) is 54.6 Å². The number of benzene rings is 2. The molecule has 2 heteroatoms. The van der Waals surface area contributed by atoms with Crippen LogP contribution in [0.5, 0.6) is 0 Å². The maximum Gasteiger partial charge on any atom is 0.252 e. The van der Waals surface area contributed by atoms with Crippen LogP contribution in [0.4, 0.5) is 0 Å². The fraction of sp³-hybridized carbons (Fsp3) is 0.118. The van der Waals surface area contributed by atoms with Crippen molar-refractivity contribution in [1.82, 2.24) is 5.32 Å². The van der Waals surface area contributed by atoms with E-state index in [1.165, 1.54) is 11.1 Å². The van der Waals surface area contributed by atoms with Crippen LogP contribution in [0.1, 0.15) is 39.0 Å². The summed E-state index contributed by atoms with van der Waals surface area (Å²) in [6.07, 6.45) is 4.36. The number of amides is 1. The van der Waals surface area contributed by atoms with E-state index >= 15 is 0 Å². The van der Waals surface area contributed by atoms with Gasteiger partial charge < -0.3 is 5.32 Å². The Kier molecular flexibility index (Phi) is 2.12. The average Bonchev–Trinajstić information content (AvgIpc) is 2.47. The van der Waals surface area contributed by atoms with Crippen LogP contribution in [0, 0.1) is 0 Å². The Bertz CT molecular complexity index is 702. The molecule has 1 amide bonds. The second kappa shape index (κ2) is 3.82. The molecule has 2 nitrogen and oxygen atoms in total. The largest absolute Gasteiger partial charge is 0.344 e. The summed E-state index contributed by atoms with van der Waals surface area (Å²) in [6, 6.07) is 16.2. The topological polar surface area (TPSA) is 29.1 Å². The molecule has 1 aliphatic heterocycles. The number of hydrogen-bond donors (Lipinski definition) is 1. The van der Waals surface area contributed by atoms with Gasteiger partial charge in [-0.2, -0.15) is 0 Å². The Morgan fingerprint density at radius 3 is 2.53 bits per heavy atom. The molecule has 2 aliphatic rings. The molecule has 2 atom stereocenters. The molecule has 1 N–H and O–H groups in total. The lowest BCUT2D eigenvalue weighted by Crippen LogP contribution is -2.39. The molecule has 0 spiro atoms. The van der Waals surface area contributed by atoms with Crippen LogP contribution in [0.3, 0.4) is 0 Å². The van der Waals surface area contributed by atoms with Gasteiger partial charge in [-0.25, -0.2) is 0 Å². The zero-order chi connectivity index (χ0) is 12.8. The predicted octanol–water partition coefficient (Wildman–Crippen LogP) is 3.28. The summed E-state index contributed by atoms with van der Waals surface area (Å²) < 4.78 is 0. The third kappa shape index (κ3) is 1.46. The second-order valence-corrected chi connectivity index (χ2v) is 5.05. The minimum absolute atomic E-state index is 0.0296. The van der Waals surface area contributed by atoms with Crippen LogP contribution in [0.25, 0.3) is 6.08 Å². The Labute approximate surface area is 111 Å². The lowest BCUT2D eigenvalue weighted by Gasteiger charge is -2.35. The smallest absolute Gasteiger partial charge is 0.252 e. The van der Waals surface area contributed by atoms with Gasteiger partial charge in [0, 0.05) is 11.5 Å². The lowest BCUT2D eigenvalue weighted by atomic mass is 9.77. The third-order valence-corrected chi connectivity index (χ3v) is 4.02. The summed E-state index contributed by atoms with van der Waals surface area (Å²) in [6.45, 7) is 0. The highest BCUT2D eigenvalue weighted by Crippen LogP contribution is 2.42. The van der Waals surface area contributed by atoms with Gasteiger partial charge >= 0.3 is 0 Å². The zero-order valence-electron chi connectivity index (χ0n) is 10.3. The minimum Gasteiger partial charge on any atom is -0.344 e. The molecule has 1 heterocycles. The number of hydrogen-bond acceptors (Lipinski definition) is 1. The van der Waals surface area contributed by atoms with E-state index in [9.17, 15) is 4.79 Å². The number of rotatable bonds is 0. The van der Waals surface area contributed by atoms with Crippen LogP contribution < -0.4 is 5.32 Å². The Balaban J connectivity index is 1.92. The van der Waals surface area contributed by atoms with E-state index < -0.39 is 0 Å². The summed E-state index contributed by atoms with van der Waals surface area (Å²) in [7, 11) is 0. The van der Waals surface area contributed by atoms with Gasteiger partial charge in [0.1, 0.15) is 0 Å². The highest BCUT2D eigenvalue weighted by Gasteiger charge is 2.35. The third-order valence-electron chi connectivity index (χ3n) is 4.02. The van der Waals surface area contributed by atoms with Gasteiger partial charge in [0.05, 0.1) is 6.04 Å². The van der Waals surface area contributed by atoms with E-state index in [2.05, 4.69) is 35.7 Å². The highest BCUT2D eigenvalue weighted by atomic mass is 16.1. The number of carbonyl (C=O) groups is 1. The van der Waals surface area contributed by atoms with Crippen LogP contribution in [-0.4, -0.2) is 5.91 Å². The number of nitrogens with one attached hydrogen (secondary N) is 1. The van der Waals surface area contributed by atoms with Crippen LogP contribution in [0.2, 0.25) is 0 Å². The quantitative estimate of drug-likeness (QED) is 0.760. The van der Waals surface area contributed by atoms with E-state index in [0.29, 0.717) is 0 Å². The molecule has 0 fully saturated rings. The number of carbonyl (C=O) groups excluding carboxylic acids is 1. The molecule has 0 saturated heterocycles. The van der Waals surface area contributed by atoms with Crippen molar-refractivity contribution in [2.45, 2.75) is 12.0 Å². The standard InChI is InChI=1S/C17H13NO/c19-17-15-8-4-3-7-13(15)14-10-9-11-5-1-2-6-12(11)16(14)18-17/h1-10,14,16H,(H,18,19)/t14-,16-/m0/s1. The predicted molar refractivity (Wildman–Crippen MR) is 74.9 cm³/mol. The van der Waals surface area contributed by atoms with Crippen molar-refractivity contribution < 1.29 is 4.79 Å². The first-order chi connectivity index (χ1) is 9.34. The molecular formula is C17H13NO. The van der Waals surface area contributed by atoms with Gasteiger partial charge in [0.15, 0.2) is 0 Å². The van der Waals surface area contributed by atoms with Gasteiger partial charge in [-0.1, -0.05) is 54.6 Å². The molecule has 0 radical (unpaired) electrons. The molecule has 0 bridgehead atoms. The van der Waals surface area contributed by atoms with Crippen molar-refractivity contribution in [3.63, 3.8) is 0 Å². The fourth-order valence-corrected chi connectivity index (χ4v) is 3.12. The molecule has 2 aromatic carbocycles. The molecule has 0 unspecified atom stereocenters. The van der Waals surface area contributed by atoms with E-state index in [1.54, 1.807) is 0 Å². The zero-order valence-corrected chi connectivity index (χ0v) is 10.3. The Morgan fingerprint density at radius 2 is 1.63 bits per heavy atom. The molecule has 1 aliphatic carbocycles. The first-order valence-corrected chi connectivity index (χ1v) is 6.51. The second-order valence-electron chi connectivity index (χ2n) is 5.05. The molecule has 92 valence electrons. The fourth-order valence-electron chi connectivity index (χ4n) is 3.12. The molecule has 0 saturated carbocycles. The molecule has 19 heavy (non-hydrogen) atoms. The van der Waals surface area contributed by atoms with Crippen molar-refractivity contribution in [3.05, 3.63) is 76.9 Å². The normalized spacial score (nSPS) is 23.1. The van der Waals surface area contributed by atoms with Crippen LogP contribution in [-0.2, 0) is 0 Å². The van der Waals surface area contributed by atoms with Gasteiger partial charge in [-0.05, 0) is 22.8 Å². The summed E-state index contributed by atoms with van der Waals surface area (Å²) in [5.41, 5.74) is 4.33. The van der Waals surface area contributed by atoms with Gasteiger partial charge in [0.2, 0.25) is 0 Å². The van der Waals surface area contributed by atoms with Crippen molar-refractivity contribution in [2.75, 3.05) is 0 Å². The van der Waals surface area contributed by atoms with Gasteiger partial charge in [0.25, 0.3) is 5.91 Å². The van der Waals surface area contributed by atoms with Crippen molar-refractivity contribution in [2.24, 2.45) is 0 Å². The number of fused-ring (bicyclic) bond motifs is 5. The maximum atomic E-state index is 12.2.